The summed E-state index contributed by atoms with van der Waals surface area (Å²) in [5.74, 6) is 0.782. The van der Waals surface area contributed by atoms with Crippen molar-refractivity contribution in [2.45, 2.75) is 19.4 Å². The molecule has 0 aliphatic rings. The lowest BCUT2D eigenvalue weighted by Gasteiger charge is -2.16. The highest BCUT2D eigenvalue weighted by atomic mass is 35.5. The molecule has 0 radical (unpaired) electrons. The van der Waals surface area contributed by atoms with Crippen molar-refractivity contribution in [2.75, 3.05) is 7.11 Å². The van der Waals surface area contributed by atoms with E-state index in [2.05, 4.69) is 25.1 Å². The van der Waals surface area contributed by atoms with Crippen LogP contribution in [-0.2, 0) is 6.42 Å². The van der Waals surface area contributed by atoms with Gasteiger partial charge in [-0.05, 0) is 37.1 Å². The molecule has 0 saturated heterocycles. The van der Waals surface area contributed by atoms with Gasteiger partial charge in [0, 0.05) is 16.6 Å². The van der Waals surface area contributed by atoms with Gasteiger partial charge in [0.2, 0.25) is 0 Å². The Morgan fingerprint density at radius 2 is 2.00 bits per heavy atom. The first-order valence-corrected chi connectivity index (χ1v) is 6.62. The lowest BCUT2D eigenvalue weighted by molar-refractivity contribution is 0.405. The largest absolute Gasteiger partial charge is 0.496 e. The highest BCUT2D eigenvalue weighted by Gasteiger charge is 2.13. The normalized spacial score (nSPS) is 12.2. The molecular formula is C16H18ClNO. The van der Waals surface area contributed by atoms with Crippen molar-refractivity contribution in [3.8, 4) is 5.75 Å². The summed E-state index contributed by atoms with van der Waals surface area (Å²) in [5, 5.41) is 0.676. The standard InChI is InChI=1S/C16H18ClNO/c1-11-4-3-5-12(8-11)9-15(18)14-10-13(17)6-7-16(14)19-2/h3-8,10,15H,9,18H2,1-2H3. The first-order valence-electron chi connectivity index (χ1n) is 6.24. The summed E-state index contributed by atoms with van der Waals surface area (Å²) in [7, 11) is 1.64. The van der Waals surface area contributed by atoms with Crippen LogP contribution in [0.5, 0.6) is 5.75 Å². The minimum Gasteiger partial charge on any atom is -0.496 e. The third-order valence-electron chi connectivity index (χ3n) is 3.13. The van der Waals surface area contributed by atoms with E-state index >= 15 is 0 Å². The van der Waals surface area contributed by atoms with Gasteiger partial charge in [-0.25, -0.2) is 0 Å². The maximum Gasteiger partial charge on any atom is 0.123 e. The second-order valence-corrected chi connectivity index (χ2v) is 5.12. The smallest absolute Gasteiger partial charge is 0.123 e. The van der Waals surface area contributed by atoms with E-state index in [1.165, 1.54) is 11.1 Å². The molecule has 0 aliphatic heterocycles. The first kappa shape index (κ1) is 13.9. The number of nitrogens with two attached hydrogens (primary N) is 1. The Labute approximate surface area is 119 Å². The van der Waals surface area contributed by atoms with E-state index in [0.29, 0.717) is 5.02 Å². The number of methoxy groups -OCH3 is 1. The molecule has 0 amide bonds. The first-order chi connectivity index (χ1) is 9.10. The van der Waals surface area contributed by atoms with Crippen molar-refractivity contribution < 1.29 is 4.74 Å². The Balaban J connectivity index is 2.24. The lowest BCUT2D eigenvalue weighted by atomic mass is 9.98. The Bertz CT molecular complexity index is 568. The summed E-state index contributed by atoms with van der Waals surface area (Å²) in [6, 6.07) is 13.8. The van der Waals surface area contributed by atoms with Crippen molar-refractivity contribution in [2.24, 2.45) is 5.73 Å². The van der Waals surface area contributed by atoms with Gasteiger partial charge >= 0.3 is 0 Å². The number of hydrogen-bond donors (Lipinski definition) is 1. The average molecular weight is 276 g/mol. The molecule has 0 heterocycles. The zero-order valence-corrected chi connectivity index (χ0v) is 11.9. The van der Waals surface area contributed by atoms with E-state index in [-0.39, 0.29) is 6.04 Å². The van der Waals surface area contributed by atoms with Gasteiger partial charge in [-0.15, -0.1) is 0 Å². The fourth-order valence-corrected chi connectivity index (χ4v) is 2.38. The zero-order valence-electron chi connectivity index (χ0n) is 11.2. The van der Waals surface area contributed by atoms with Crippen molar-refractivity contribution in [1.29, 1.82) is 0 Å². The van der Waals surface area contributed by atoms with Crippen molar-refractivity contribution >= 4 is 11.6 Å². The molecule has 0 fully saturated rings. The SMILES string of the molecule is COc1ccc(Cl)cc1C(N)Cc1cccc(C)c1. The predicted molar refractivity (Wildman–Crippen MR) is 79.8 cm³/mol. The van der Waals surface area contributed by atoms with Crippen LogP contribution in [0.2, 0.25) is 5.02 Å². The fraction of sp³-hybridized carbons (Fsp3) is 0.250. The summed E-state index contributed by atoms with van der Waals surface area (Å²) >= 11 is 6.03. The fourth-order valence-electron chi connectivity index (χ4n) is 2.20. The van der Waals surface area contributed by atoms with Gasteiger partial charge in [0.1, 0.15) is 5.75 Å². The lowest BCUT2D eigenvalue weighted by Crippen LogP contribution is -2.14. The van der Waals surface area contributed by atoms with Crippen LogP contribution in [0.4, 0.5) is 0 Å². The van der Waals surface area contributed by atoms with Crippen LogP contribution in [0.3, 0.4) is 0 Å². The van der Waals surface area contributed by atoms with E-state index in [1.54, 1.807) is 7.11 Å². The van der Waals surface area contributed by atoms with Gasteiger partial charge in [-0.1, -0.05) is 41.4 Å². The van der Waals surface area contributed by atoms with Gasteiger partial charge in [0.15, 0.2) is 0 Å². The minimum absolute atomic E-state index is 0.129. The maximum atomic E-state index is 6.28. The molecule has 0 bridgehead atoms. The number of ether oxygens (including phenoxy) is 1. The van der Waals surface area contributed by atoms with Crippen LogP contribution in [0.1, 0.15) is 22.7 Å². The van der Waals surface area contributed by atoms with E-state index in [0.717, 1.165) is 17.7 Å². The number of aryl methyl sites for hydroxylation is 1. The van der Waals surface area contributed by atoms with Crippen molar-refractivity contribution in [3.05, 3.63) is 64.2 Å². The Morgan fingerprint density at radius 3 is 2.68 bits per heavy atom. The van der Waals surface area contributed by atoms with Crippen LogP contribution in [0, 0.1) is 6.92 Å². The third kappa shape index (κ3) is 3.49. The van der Waals surface area contributed by atoms with E-state index in [4.69, 9.17) is 22.1 Å². The number of rotatable bonds is 4. The molecule has 0 aromatic heterocycles. The second-order valence-electron chi connectivity index (χ2n) is 4.69. The van der Waals surface area contributed by atoms with Crippen LogP contribution >= 0.6 is 11.6 Å². The van der Waals surface area contributed by atoms with Gasteiger partial charge in [-0.3, -0.25) is 0 Å². The zero-order chi connectivity index (χ0) is 13.8. The van der Waals surface area contributed by atoms with Gasteiger partial charge in [0.05, 0.1) is 7.11 Å². The van der Waals surface area contributed by atoms with Crippen LogP contribution in [-0.4, -0.2) is 7.11 Å². The molecule has 2 nitrogen and oxygen atoms in total. The van der Waals surface area contributed by atoms with E-state index in [9.17, 15) is 0 Å². The van der Waals surface area contributed by atoms with Gasteiger partial charge < -0.3 is 10.5 Å². The van der Waals surface area contributed by atoms with Crippen LogP contribution in [0.25, 0.3) is 0 Å². The molecule has 0 spiro atoms. The molecule has 0 saturated carbocycles. The minimum atomic E-state index is -0.129. The molecule has 2 rings (SSSR count). The summed E-state index contributed by atoms with van der Waals surface area (Å²) in [6.07, 6.45) is 0.762. The average Bonchev–Trinajstić information content (AvgIpc) is 2.38. The number of hydrogen-bond acceptors (Lipinski definition) is 2. The quantitative estimate of drug-likeness (QED) is 0.918. The maximum absolute atomic E-state index is 6.28. The molecule has 1 unspecified atom stereocenters. The van der Waals surface area contributed by atoms with E-state index in [1.807, 2.05) is 24.3 Å². The molecule has 1 atom stereocenters. The van der Waals surface area contributed by atoms with Crippen LogP contribution < -0.4 is 10.5 Å². The molecule has 2 N–H and O–H groups in total. The Kier molecular flexibility index (Phi) is 4.46. The topological polar surface area (TPSA) is 35.2 Å². The molecule has 2 aromatic carbocycles. The summed E-state index contributed by atoms with van der Waals surface area (Å²) in [5.41, 5.74) is 9.68. The van der Waals surface area contributed by atoms with E-state index < -0.39 is 0 Å². The Morgan fingerprint density at radius 1 is 1.21 bits per heavy atom. The van der Waals surface area contributed by atoms with Gasteiger partial charge in [0.25, 0.3) is 0 Å². The van der Waals surface area contributed by atoms with Gasteiger partial charge in [-0.2, -0.15) is 0 Å². The molecule has 2 aromatic rings. The number of halogens is 1. The van der Waals surface area contributed by atoms with Crippen molar-refractivity contribution in [3.63, 3.8) is 0 Å². The second kappa shape index (κ2) is 6.09. The summed E-state index contributed by atoms with van der Waals surface area (Å²) in [6.45, 7) is 2.08. The highest BCUT2D eigenvalue weighted by Crippen LogP contribution is 2.29. The predicted octanol–water partition coefficient (Wildman–Crippen LogP) is 3.90. The Hall–Kier alpha value is -1.51. The number of benzene rings is 2. The molecule has 100 valence electrons. The third-order valence-corrected chi connectivity index (χ3v) is 3.36. The van der Waals surface area contributed by atoms with Crippen molar-refractivity contribution in [1.82, 2.24) is 0 Å². The summed E-state index contributed by atoms with van der Waals surface area (Å²) in [4.78, 5) is 0. The monoisotopic (exact) mass is 275 g/mol. The van der Waals surface area contributed by atoms with Crippen LogP contribution in [0.15, 0.2) is 42.5 Å². The molecule has 0 aliphatic carbocycles. The molecule has 19 heavy (non-hydrogen) atoms. The highest BCUT2D eigenvalue weighted by molar-refractivity contribution is 6.30. The molecule has 3 heteroatoms. The molecular weight excluding hydrogens is 258 g/mol. The summed E-state index contributed by atoms with van der Waals surface area (Å²) < 4.78 is 5.34.